The van der Waals surface area contributed by atoms with Crippen molar-refractivity contribution in [2.75, 3.05) is 7.11 Å². The summed E-state index contributed by atoms with van der Waals surface area (Å²) in [5.74, 6) is -0.239. The summed E-state index contributed by atoms with van der Waals surface area (Å²) in [6, 6.07) is 7.86. The van der Waals surface area contributed by atoms with Gasteiger partial charge in [-0.05, 0) is 19.1 Å². The lowest BCUT2D eigenvalue weighted by Gasteiger charge is -2.11. The van der Waals surface area contributed by atoms with Crippen LogP contribution in [0.1, 0.15) is 21.8 Å². The van der Waals surface area contributed by atoms with E-state index in [2.05, 4.69) is 0 Å². The first-order chi connectivity index (χ1) is 10.5. The third kappa shape index (κ3) is 2.37. The Morgan fingerprint density at radius 3 is 2.86 bits per heavy atom. The molecule has 0 amide bonds. The van der Waals surface area contributed by atoms with Gasteiger partial charge in [0.1, 0.15) is 17.3 Å². The van der Waals surface area contributed by atoms with Crippen LogP contribution < -0.4 is 0 Å². The molecule has 0 unspecified atom stereocenters. The zero-order valence-electron chi connectivity index (χ0n) is 12.0. The molecule has 0 saturated heterocycles. The normalized spacial score (nSPS) is 11.1. The van der Waals surface area contributed by atoms with Crippen molar-refractivity contribution in [2.24, 2.45) is 0 Å². The number of methoxy groups -OCH3 is 1. The molecule has 0 atom stereocenters. The van der Waals surface area contributed by atoms with Crippen molar-refractivity contribution in [1.82, 2.24) is 4.57 Å². The maximum atomic E-state index is 14.0. The SMILES string of the molecule is COC(=O)c1cc2oc(C)cc2n1Cc1c(F)cccc1Cl. The summed E-state index contributed by atoms with van der Waals surface area (Å²) in [6.07, 6.45) is 0. The second-order valence-corrected chi connectivity index (χ2v) is 5.32. The van der Waals surface area contributed by atoms with Gasteiger partial charge in [0, 0.05) is 22.7 Å². The second kappa shape index (κ2) is 5.50. The van der Waals surface area contributed by atoms with Gasteiger partial charge in [0.25, 0.3) is 0 Å². The van der Waals surface area contributed by atoms with E-state index >= 15 is 0 Å². The number of benzene rings is 1. The summed E-state index contributed by atoms with van der Waals surface area (Å²) in [6.45, 7) is 1.91. The Morgan fingerprint density at radius 1 is 1.41 bits per heavy atom. The van der Waals surface area contributed by atoms with Crippen LogP contribution in [0.3, 0.4) is 0 Å². The van der Waals surface area contributed by atoms with Gasteiger partial charge in [0.2, 0.25) is 0 Å². The quantitative estimate of drug-likeness (QED) is 0.680. The minimum absolute atomic E-state index is 0.110. The van der Waals surface area contributed by atoms with E-state index in [0.717, 1.165) is 0 Å². The molecule has 0 aliphatic rings. The fraction of sp³-hybridized carbons (Fsp3) is 0.188. The number of nitrogens with zero attached hydrogens (tertiary/aromatic N) is 1. The van der Waals surface area contributed by atoms with Crippen molar-refractivity contribution in [3.63, 3.8) is 0 Å². The lowest BCUT2D eigenvalue weighted by Crippen LogP contribution is -2.12. The predicted molar refractivity (Wildman–Crippen MR) is 80.8 cm³/mol. The number of fused-ring (bicyclic) bond motifs is 1. The van der Waals surface area contributed by atoms with Crippen LogP contribution in [0.5, 0.6) is 0 Å². The first-order valence-corrected chi connectivity index (χ1v) is 7.00. The molecule has 3 aromatic rings. The molecule has 0 N–H and O–H groups in total. The van der Waals surface area contributed by atoms with Crippen LogP contribution in [0, 0.1) is 12.7 Å². The van der Waals surface area contributed by atoms with E-state index in [0.29, 0.717) is 27.4 Å². The van der Waals surface area contributed by atoms with Crippen molar-refractivity contribution < 1.29 is 18.3 Å². The number of halogens is 2. The van der Waals surface area contributed by atoms with Gasteiger partial charge in [0.05, 0.1) is 19.2 Å². The van der Waals surface area contributed by atoms with Crippen molar-refractivity contribution in [3.05, 3.63) is 58.2 Å². The molecule has 0 bridgehead atoms. The molecule has 0 spiro atoms. The highest BCUT2D eigenvalue weighted by Gasteiger charge is 2.20. The fourth-order valence-electron chi connectivity index (χ4n) is 2.45. The number of carbonyl (C=O) groups excluding carboxylic acids is 1. The number of hydrogen-bond donors (Lipinski definition) is 0. The Morgan fingerprint density at radius 2 is 2.18 bits per heavy atom. The minimum atomic E-state index is -0.517. The third-order valence-corrected chi connectivity index (χ3v) is 3.84. The highest BCUT2D eigenvalue weighted by Crippen LogP contribution is 2.28. The number of aryl methyl sites for hydroxylation is 1. The van der Waals surface area contributed by atoms with E-state index in [-0.39, 0.29) is 12.2 Å². The van der Waals surface area contributed by atoms with Crippen LogP contribution in [0.25, 0.3) is 11.1 Å². The molecule has 1 aromatic carbocycles. The van der Waals surface area contributed by atoms with E-state index in [9.17, 15) is 9.18 Å². The standard InChI is InChI=1S/C16H13ClFNO3/c1-9-6-13-15(22-9)7-14(16(20)21-2)19(13)8-10-11(17)4-3-5-12(10)18/h3-7H,8H2,1-2H3. The maximum absolute atomic E-state index is 14.0. The first-order valence-electron chi connectivity index (χ1n) is 6.62. The average Bonchev–Trinajstić information content (AvgIpc) is 2.99. The zero-order valence-corrected chi connectivity index (χ0v) is 12.8. The number of ether oxygens (including phenoxy) is 1. The number of carbonyl (C=O) groups is 1. The van der Waals surface area contributed by atoms with E-state index < -0.39 is 11.8 Å². The zero-order chi connectivity index (χ0) is 15.9. The molecule has 2 heterocycles. The Hall–Kier alpha value is -2.27. The molecule has 0 aliphatic heterocycles. The molecule has 22 heavy (non-hydrogen) atoms. The lowest BCUT2D eigenvalue weighted by molar-refractivity contribution is 0.0589. The molecular formula is C16H13ClFNO3. The van der Waals surface area contributed by atoms with Gasteiger partial charge in [-0.1, -0.05) is 17.7 Å². The van der Waals surface area contributed by atoms with Crippen LogP contribution in [0.15, 0.2) is 34.7 Å². The topological polar surface area (TPSA) is 44.4 Å². The highest BCUT2D eigenvalue weighted by atomic mass is 35.5. The summed E-state index contributed by atoms with van der Waals surface area (Å²) in [4.78, 5) is 11.9. The summed E-state index contributed by atoms with van der Waals surface area (Å²) < 4.78 is 26.0. The molecule has 4 nitrogen and oxygen atoms in total. The fourth-order valence-corrected chi connectivity index (χ4v) is 2.67. The number of furan rings is 1. The Kier molecular flexibility index (Phi) is 3.66. The number of rotatable bonds is 3. The van der Waals surface area contributed by atoms with Gasteiger partial charge in [-0.25, -0.2) is 9.18 Å². The van der Waals surface area contributed by atoms with Crippen molar-refractivity contribution in [3.8, 4) is 0 Å². The molecule has 6 heteroatoms. The van der Waals surface area contributed by atoms with E-state index in [1.807, 2.05) is 0 Å². The number of esters is 1. The van der Waals surface area contributed by atoms with Crippen molar-refractivity contribution in [2.45, 2.75) is 13.5 Å². The second-order valence-electron chi connectivity index (χ2n) is 4.91. The Labute approximate surface area is 131 Å². The van der Waals surface area contributed by atoms with Crippen LogP contribution in [-0.4, -0.2) is 17.6 Å². The third-order valence-electron chi connectivity index (χ3n) is 3.49. The maximum Gasteiger partial charge on any atom is 0.354 e. The molecule has 3 rings (SSSR count). The van der Waals surface area contributed by atoms with Gasteiger partial charge in [-0.3, -0.25) is 0 Å². The van der Waals surface area contributed by atoms with E-state index in [1.54, 1.807) is 29.7 Å². The van der Waals surface area contributed by atoms with Gasteiger partial charge < -0.3 is 13.7 Å². The summed E-state index contributed by atoms with van der Waals surface area (Å²) in [5, 5.41) is 0.304. The largest absolute Gasteiger partial charge is 0.464 e. The molecule has 114 valence electrons. The average molecular weight is 322 g/mol. The smallest absolute Gasteiger partial charge is 0.354 e. The predicted octanol–water partition coefficient (Wildman–Crippen LogP) is 4.17. The van der Waals surface area contributed by atoms with Crippen LogP contribution >= 0.6 is 11.6 Å². The lowest BCUT2D eigenvalue weighted by atomic mass is 10.2. The highest BCUT2D eigenvalue weighted by molar-refractivity contribution is 6.31. The summed E-state index contributed by atoms with van der Waals surface area (Å²) >= 11 is 6.08. The summed E-state index contributed by atoms with van der Waals surface area (Å²) in [5.41, 5.74) is 1.84. The van der Waals surface area contributed by atoms with Crippen LogP contribution in [-0.2, 0) is 11.3 Å². The van der Waals surface area contributed by atoms with E-state index in [1.165, 1.54) is 19.2 Å². The number of aromatic nitrogens is 1. The van der Waals surface area contributed by atoms with Crippen LogP contribution in [0.4, 0.5) is 4.39 Å². The molecular weight excluding hydrogens is 309 g/mol. The van der Waals surface area contributed by atoms with Crippen molar-refractivity contribution >= 4 is 28.7 Å². The Balaban J connectivity index is 2.17. The molecule has 0 aliphatic carbocycles. The van der Waals surface area contributed by atoms with Gasteiger partial charge >= 0.3 is 5.97 Å². The monoisotopic (exact) mass is 321 g/mol. The Bertz CT molecular complexity index is 846. The molecule has 2 aromatic heterocycles. The van der Waals surface area contributed by atoms with Gasteiger partial charge in [0.15, 0.2) is 5.58 Å². The first kappa shape index (κ1) is 14.7. The molecule has 0 fully saturated rings. The minimum Gasteiger partial charge on any atom is -0.464 e. The molecule has 0 radical (unpaired) electrons. The summed E-state index contributed by atoms with van der Waals surface area (Å²) in [7, 11) is 1.29. The number of hydrogen-bond acceptors (Lipinski definition) is 3. The van der Waals surface area contributed by atoms with Crippen molar-refractivity contribution in [1.29, 1.82) is 0 Å². The molecule has 0 saturated carbocycles. The van der Waals surface area contributed by atoms with Crippen LogP contribution in [0.2, 0.25) is 5.02 Å². The van der Waals surface area contributed by atoms with Gasteiger partial charge in [-0.15, -0.1) is 0 Å². The van der Waals surface area contributed by atoms with Gasteiger partial charge in [-0.2, -0.15) is 0 Å². The van der Waals surface area contributed by atoms with E-state index in [4.69, 9.17) is 20.8 Å².